The largest absolute Gasteiger partial charge is 0.427 e. The minimum Gasteiger partial charge on any atom is -0.427 e. The standard InChI is InChI=1S/C28H56O2P/c1-5-9-12-15-18-21-24-31(27-30-28(29)8-4,25-22-19-16-13-10-6-2)26-23-20-17-14-11-7-3/h8H,4-7,9-27H2,1-3H3/q+1. The monoisotopic (exact) mass is 455 g/mol. The van der Waals surface area contributed by atoms with Gasteiger partial charge in [0.1, 0.15) is 0 Å². The third-order valence-corrected chi connectivity index (χ3v) is 11.1. The number of carbonyl (C=O) groups is 1. The molecule has 0 atom stereocenters. The predicted octanol–water partition coefficient (Wildman–Crippen LogP) is 9.77. The van der Waals surface area contributed by atoms with Gasteiger partial charge >= 0.3 is 5.97 Å². The number of hydrogen-bond donors (Lipinski definition) is 0. The first-order valence-electron chi connectivity index (χ1n) is 13.8. The first-order chi connectivity index (χ1) is 15.1. The van der Waals surface area contributed by atoms with Crippen LogP contribution in [0.2, 0.25) is 0 Å². The van der Waals surface area contributed by atoms with Crippen molar-refractivity contribution in [2.45, 2.75) is 136 Å². The molecule has 184 valence electrons. The van der Waals surface area contributed by atoms with Crippen LogP contribution < -0.4 is 0 Å². The Balaban J connectivity index is 4.79. The van der Waals surface area contributed by atoms with Crippen LogP contribution >= 0.6 is 7.26 Å². The maximum Gasteiger partial charge on any atom is 0.333 e. The molecular formula is C28H56O2P+. The fourth-order valence-corrected chi connectivity index (χ4v) is 8.61. The van der Waals surface area contributed by atoms with Crippen molar-refractivity contribution in [1.29, 1.82) is 0 Å². The normalized spacial score (nSPS) is 11.6. The molecule has 0 aromatic heterocycles. The van der Waals surface area contributed by atoms with E-state index in [2.05, 4.69) is 27.4 Å². The highest BCUT2D eigenvalue weighted by Gasteiger charge is 2.37. The van der Waals surface area contributed by atoms with E-state index in [-0.39, 0.29) is 5.97 Å². The maximum atomic E-state index is 11.9. The van der Waals surface area contributed by atoms with Crippen LogP contribution in [0.3, 0.4) is 0 Å². The Kier molecular flexibility index (Phi) is 22.6. The van der Waals surface area contributed by atoms with Crippen LogP contribution in [0, 0.1) is 0 Å². The molecule has 0 N–H and O–H groups in total. The van der Waals surface area contributed by atoms with Crippen molar-refractivity contribution < 1.29 is 9.53 Å². The Bertz CT molecular complexity index is 367. The average Bonchev–Trinajstić information content (AvgIpc) is 2.79. The second-order valence-electron chi connectivity index (χ2n) is 9.61. The van der Waals surface area contributed by atoms with E-state index in [1.807, 2.05) is 0 Å². The number of unbranched alkanes of at least 4 members (excludes halogenated alkanes) is 15. The minimum absolute atomic E-state index is 0.224. The van der Waals surface area contributed by atoms with Crippen LogP contribution in [0.5, 0.6) is 0 Å². The lowest BCUT2D eigenvalue weighted by Gasteiger charge is -2.27. The van der Waals surface area contributed by atoms with Crippen molar-refractivity contribution >= 4 is 13.2 Å². The Morgan fingerprint density at radius 3 is 1.26 bits per heavy atom. The molecule has 0 aromatic rings. The summed E-state index contributed by atoms with van der Waals surface area (Å²) in [6, 6.07) is 0. The summed E-state index contributed by atoms with van der Waals surface area (Å²) in [7, 11) is -1.22. The zero-order valence-corrected chi connectivity index (χ0v) is 22.5. The predicted molar refractivity (Wildman–Crippen MR) is 143 cm³/mol. The lowest BCUT2D eigenvalue weighted by molar-refractivity contribution is -0.135. The van der Waals surface area contributed by atoms with E-state index >= 15 is 0 Å². The molecule has 0 aliphatic rings. The minimum atomic E-state index is -1.22. The van der Waals surface area contributed by atoms with Crippen molar-refractivity contribution in [3.05, 3.63) is 12.7 Å². The van der Waals surface area contributed by atoms with Gasteiger partial charge in [-0.1, -0.05) is 104 Å². The number of rotatable bonds is 24. The average molecular weight is 456 g/mol. The van der Waals surface area contributed by atoms with Crippen molar-refractivity contribution in [2.75, 3.05) is 24.8 Å². The van der Waals surface area contributed by atoms with Crippen LogP contribution in [0.1, 0.15) is 136 Å². The first-order valence-corrected chi connectivity index (χ1v) is 16.3. The Labute approximate surface area is 196 Å². The van der Waals surface area contributed by atoms with Gasteiger partial charge in [0.15, 0.2) is 6.35 Å². The lowest BCUT2D eigenvalue weighted by Crippen LogP contribution is -2.17. The molecule has 31 heavy (non-hydrogen) atoms. The summed E-state index contributed by atoms with van der Waals surface area (Å²) in [6.45, 7) is 10.5. The number of carbonyl (C=O) groups excluding carboxylic acids is 1. The fraction of sp³-hybridized carbons (Fsp3) is 0.893. The summed E-state index contributed by atoms with van der Waals surface area (Å²) in [5.41, 5.74) is 0. The van der Waals surface area contributed by atoms with E-state index in [0.717, 1.165) is 0 Å². The molecule has 0 saturated heterocycles. The Morgan fingerprint density at radius 2 is 0.935 bits per heavy atom. The quantitative estimate of drug-likeness (QED) is 0.0626. The van der Waals surface area contributed by atoms with Gasteiger partial charge in [-0.25, -0.2) is 4.79 Å². The Hall–Kier alpha value is -0.360. The van der Waals surface area contributed by atoms with Gasteiger partial charge in [0.2, 0.25) is 0 Å². The molecule has 2 nitrogen and oxygen atoms in total. The van der Waals surface area contributed by atoms with Gasteiger partial charge in [-0.3, -0.25) is 0 Å². The fourth-order valence-electron chi connectivity index (χ4n) is 4.47. The smallest absolute Gasteiger partial charge is 0.333 e. The van der Waals surface area contributed by atoms with Crippen molar-refractivity contribution in [1.82, 2.24) is 0 Å². The van der Waals surface area contributed by atoms with Gasteiger partial charge in [0, 0.05) is 6.08 Å². The summed E-state index contributed by atoms with van der Waals surface area (Å²) < 4.78 is 5.74. The molecule has 0 radical (unpaired) electrons. The molecule has 0 heterocycles. The van der Waals surface area contributed by atoms with Gasteiger partial charge in [0.25, 0.3) is 0 Å². The van der Waals surface area contributed by atoms with Crippen LogP contribution in [-0.2, 0) is 9.53 Å². The second-order valence-corrected chi connectivity index (χ2v) is 13.9. The molecule has 0 aliphatic heterocycles. The van der Waals surface area contributed by atoms with Crippen LogP contribution in [0.25, 0.3) is 0 Å². The number of hydrogen-bond acceptors (Lipinski definition) is 2. The molecule has 0 saturated carbocycles. The third-order valence-electron chi connectivity index (χ3n) is 6.61. The number of ether oxygens (including phenoxy) is 1. The lowest BCUT2D eigenvalue weighted by atomic mass is 10.1. The third kappa shape index (κ3) is 18.9. The van der Waals surface area contributed by atoms with Gasteiger partial charge in [-0.2, -0.15) is 0 Å². The molecule has 0 unspecified atom stereocenters. The summed E-state index contributed by atoms with van der Waals surface area (Å²) in [5, 5.41) is 0. The second kappa shape index (κ2) is 22.8. The topological polar surface area (TPSA) is 26.3 Å². The highest BCUT2D eigenvalue weighted by molar-refractivity contribution is 7.75. The molecule has 0 rings (SSSR count). The summed E-state index contributed by atoms with van der Waals surface area (Å²) >= 11 is 0. The molecule has 0 spiro atoms. The van der Waals surface area contributed by atoms with Crippen molar-refractivity contribution in [3.63, 3.8) is 0 Å². The van der Waals surface area contributed by atoms with Gasteiger partial charge < -0.3 is 4.74 Å². The first kappa shape index (κ1) is 30.6. The molecule has 0 aromatic carbocycles. The van der Waals surface area contributed by atoms with Crippen LogP contribution in [-0.4, -0.2) is 30.8 Å². The summed E-state index contributed by atoms with van der Waals surface area (Å²) in [5.74, 6) is -0.224. The van der Waals surface area contributed by atoms with E-state index in [1.165, 1.54) is 140 Å². The molecule has 0 bridgehead atoms. The van der Waals surface area contributed by atoms with E-state index in [4.69, 9.17) is 4.74 Å². The van der Waals surface area contributed by atoms with Gasteiger partial charge in [-0.05, 0) is 38.5 Å². The molecule has 0 aliphatic carbocycles. The van der Waals surface area contributed by atoms with Gasteiger partial charge in [-0.15, -0.1) is 0 Å². The highest BCUT2D eigenvalue weighted by Crippen LogP contribution is 2.61. The molecule has 0 fully saturated rings. The van der Waals surface area contributed by atoms with Crippen LogP contribution in [0.4, 0.5) is 0 Å². The summed E-state index contributed by atoms with van der Waals surface area (Å²) in [6.07, 6.45) is 30.3. The highest BCUT2D eigenvalue weighted by atomic mass is 31.2. The molecule has 0 amide bonds. The summed E-state index contributed by atoms with van der Waals surface area (Å²) in [4.78, 5) is 11.9. The zero-order chi connectivity index (χ0) is 23.0. The number of esters is 1. The maximum absolute atomic E-state index is 11.9. The molecular weight excluding hydrogens is 399 g/mol. The van der Waals surface area contributed by atoms with E-state index in [9.17, 15) is 4.79 Å². The van der Waals surface area contributed by atoms with E-state index in [1.54, 1.807) is 0 Å². The van der Waals surface area contributed by atoms with E-state index < -0.39 is 7.26 Å². The molecule has 3 heteroatoms. The van der Waals surface area contributed by atoms with Crippen LogP contribution in [0.15, 0.2) is 12.7 Å². The zero-order valence-electron chi connectivity index (χ0n) is 21.6. The Morgan fingerprint density at radius 1 is 0.613 bits per heavy atom. The SMILES string of the molecule is C=CC(=O)OC[P+](CCCCCCCC)(CCCCCCCC)CCCCCCCC. The van der Waals surface area contributed by atoms with E-state index in [0.29, 0.717) is 6.35 Å². The van der Waals surface area contributed by atoms with Crippen molar-refractivity contribution in [3.8, 4) is 0 Å². The van der Waals surface area contributed by atoms with Crippen molar-refractivity contribution in [2.24, 2.45) is 0 Å². The van der Waals surface area contributed by atoms with Gasteiger partial charge in [0.05, 0.1) is 25.7 Å².